The Morgan fingerprint density at radius 3 is 2.21 bits per heavy atom. The molecule has 1 aliphatic rings. The van der Waals surface area contributed by atoms with Crippen LogP contribution in [0.4, 0.5) is 0 Å². The summed E-state index contributed by atoms with van der Waals surface area (Å²) in [6.07, 6.45) is 0. The van der Waals surface area contributed by atoms with E-state index in [1.165, 1.54) is 0 Å². The van der Waals surface area contributed by atoms with Crippen molar-refractivity contribution in [2.45, 2.75) is 6.92 Å². The molecule has 84 valence electrons. The van der Waals surface area contributed by atoms with E-state index in [1.54, 1.807) is 6.92 Å². The van der Waals surface area contributed by atoms with Gasteiger partial charge in [-0.05, 0) is 6.92 Å². The SMILES string of the molecule is CC(=O)CN1CCOCC1.O=[SH](=O)O. The summed E-state index contributed by atoms with van der Waals surface area (Å²) >= 11 is 0. The number of ether oxygens (including phenoxy) is 1. The molecule has 0 saturated carbocycles. The molecule has 0 aromatic carbocycles. The molecule has 1 saturated heterocycles. The predicted molar refractivity (Wildman–Crippen MR) is 50.9 cm³/mol. The molecule has 1 fully saturated rings. The van der Waals surface area contributed by atoms with Crippen LogP contribution in [-0.4, -0.2) is 56.5 Å². The fraction of sp³-hybridized carbons (Fsp3) is 0.857. The van der Waals surface area contributed by atoms with Crippen molar-refractivity contribution in [2.24, 2.45) is 0 Å². The monoisotopic (exact) mass is 225 g/mol. The third kappa shape index (κ3) is 9.59. The molecule has 1 N–H and O–H groups in total. The van der Waals surface area contributed by atoms with Crippen LogP contribution in [-0.2, 0) is 20.5 Å². The molecule has 0 radical (unpaired) electrons. The Hall–Kier alpha value is -0.500. The lowest BCUT2D eigenvalue weighted by molar-refractivity contribution is -0.119. The molecule has 1 heterocycles. The maximum absolute atomic E-state index is 10.6. The first kappa shape index (κ1) is 13.5. The van der Waals surface area contributed by atoms with Crippen LogP contribution in [0.25, 0.3) is 0 Å². The highest BCUT2D eigenvalue weighted by Gasteiger charge is 2.10. The molecule has 1 aliphatic heterocycles. The van der Waals surface area contributed by atoms with E-state index in [0.717, 1.165) is 26.3 Å². The highest BCUT2D eigenvalue weighted by atomic mass is 32.2. The van der Waals surface area contributed by atoms with Crippen molar-refractivity contribution in [1.29, 1.82) is 0 Å². The van der Waals surface area contributed by atoms with Crippen molar-refractivity contribution in [3.63, 3.8) is 0 Å². The van der Waals surface area contributed by atoms with E-state index in [4.69, 9.17) is 17.7 Å². The third-order valence-corrected chi connectivity index (χ3v) is 1.55. The van der Waals surface area contributed by atoms with Crippen molar-refractivity contribution < 1.29 is 22.5 Å². The first-order valence-electron chi connectivity index (χ1n) is 4.15. The molecule has 0 atom stereocenters. The Bertz CT molecular complexity index is 226. The number of carbonyl (C=O) groups excluding carboxylic acids is 1. The van der Waals surface area contributed by atoms with Gasteiger partial charge in [-0.15, -0.1) is 0 Å². The number of Topliss-reactive ketones (excluding diaryl/α,β-unsaturated/α-hetero) is 1. The van der Waals surface area contributed by atoms with Gasteiger partial charge in [0.25, 0.3) is 11.0 Å². The number of carbonyl (C=O) groups is 1. The lowest BCUT2D eigenvalue weighted by atomic mass is 10.3. The van der Waals surface area contributed by atoms with Gasteiger partial charge >= 0.3 is 0 Å². The smallest absolute Gasteiger partial charge is 0.254 e. The van der Waals surface area contributed by atoms with Crippen molar-refractivity contribution >= 4 is 16.8 Å². The fourth-order valence-corrected chi connectivity index (χ4v) is 1.07. The van der Waals surface area contributed by atoms with Gasteiger partial charge in [0.1, 0.15) is 5.78 Å². The minimum atomic E-state index is -3.12. The van der Waals surface area contributed by atoms with Gasteiger partial charge in [0.15, 0.2) is 0 Å². The van der Waals surface area contributed by atoms with Crippen molar-refractivity contribution in [2.75, 3.05) is 32.8 Å². The number of nitrogens with zero attached hydrogens (tertiary/aromatic N) is 1. The van der Waals surface area contributed by atoms with Gasteiger partial charge in [-0.25, -0.2) is 8.42 Å². The summed E-state index contributed by atoms with van der Waals surface area (Å²) in [7, 11) is -3.12. The van der Waals surface area contributed by atoms with Crippen molar-refractivity contribution in [3.8, 4) is 0 Å². The average molecular weight is 225 g/mol. The van der Waals surface area contributed by atoms with Gasteiger partial charge in [-0.3, -0.25) is 14.2 Å². The lowest BCUT2D eigenvalue weighted by Crippen LogP contribution is -2.38. The average Bonchev–Trinajstić information content (AvgIpc) is 2.03. The van der Waals surface area contributed by atoms with Crippen LogP contribution in [0.5, 0.6) is 0 Å². The summed E-state index contributed by atoms with van der Waals surface area (Å²) in [5.41, 5.74) is 0. The predicted octanol–water partition coefficient (Wildman–Crippen LogP) is -1.02. The van der Waals surface area contributed by atoms with Crippen LogP contribution >= 0.6 is 0 Å². The zero-order valence-corrected chi connectivity index (χ0v) is 8.90. The van der Waals surface area contributed by atoms with Gasteiger partial charge in [0, 0.05) is 13.1 Å². The lowest BCUT2D eigenvalue weighted by Gasteiger charge is -2.25. The molecule has 0 spiro atoms. The van der Waals surface area contributed by atoms with E-state index in [-0.39, 0.29) is 5.78 Å². The Labute approximate surface area is 84.6 Å². The van der Waals surface area contributed by atoms with E-state index < -0.39 is 11.0 Å². The number of hydrogen-bond acceptors (Lipinski definition) is 5. The maximum Gasteiger partial charge on any atom is 0.254 e. The second-order valence-electron chi connectivity index (χ2n) is 2.83. The first-order chi connectivity index (χ1) is 6.52. The highest BCUT2D eigenvalue weighted by molar-refractivity contribution is 7.66. The van der Waals surface area contributed by atoms with Crippen LogP contribution in [0, 0.1) is 0 Å². The molecule has 0 bridgehead atoms. The summed E-state index contributed by atoms with van der Waals surface area (Å²) in [6.45, 7) is 5.55. The normalized spacial score (nSPS) is 17.4. The van der Waals surface area contributed by atoms with Gasteiger partial charge < -0.3 is 4.74 Å². The summed E-state index contributed by atoms with van der Waals surface area (Å²) in [4.78, 5) is 12.7. The molecule has 1 rings (SSSR count). The molecule has 6 nitrogen and oxygen atoms in total. The standard InChI is InChI=1S/C7H13NO2.H2O3S/c1-7(9)6-8-2-4-10-5-3-8;1-4(2)3/h2-6H2,1H3;4H,(H,1,2,3). The van der Waals surface area contributed by atoms with Crippen LogP contribution in [0.15, 0.2) is 0 Å². The molecule has 0 aromatic rings. The summed E-state index contributed by atoms with van der Waals surface area (Å²) in [5.74, 6) is 0.238. The van der Waals surface area contributed by atoms with Gasteiger partial charge in [0.2, 0.25) is 0 Å². The molecule has 0 amide bonds. The minimum absolute atomic E-state index is 0.238. The molecular formula is C7H15NO5S. The van der Waals surface area contributed by atoms with E-state index in [2.05, 4.69) is 4.90 Å². The zero-order valence-electron chi connectivity index (χ0n) is 8.01. The molecule has 7 heteroatoms. The van der Waals surface area contributed by atoms with Crippen LogP contribution in [0.1, 0.15) is 6.92 Å². The Morgan fingerprint density at radius 2 is 1.86 bits per heavy atom. The van der Waals surface area contributed by atoms with Crippen molar-refractivity contribution in [3.05, 3.63) is 0 Å². The summed E-state index contributed by atoms with van der Waals surface area (Å²) in [5, 5.41) is 0. The van der Waals surface area contributed by atoms with Gasteiger partial charge in [-0.1, -0.05) is 0 Å². The van der Waals surface area contributed by atoms with E-state index in [9.17, 15) is 4.79 Å². The Morgan fingerprint density at radius 1 is 1.43 bits per heavy atom. The second kappa shape index (κ2) is 7.86. The Balaban J connectivity index is 0.000000364. The van der Waals surface area contributed by atoms with Gasteiger partial charge in [0.05, 0.1) is 19.8 Å². The maximum atomic E-state index is 10.6. The van der Waals surface area contributed by atoms with Crippen LogP contribution < -0.4 is 0 Å². The summed E-state index contributed by atoms with van der Waals surface area (Å²) in [6, 6.07) is 0. The largest absolute Gasteiger partial charge is 0.379 e. The topological polar surface area (TPSA) is 83.9 Å². The van der Waals surface area contributed by atoms with E-state index >= 15 is 0 Å². The molecule has 14 heavy (non-hydrogen) atoms. The van der Waals surface area contributed by atoms with Crippen LogP contribution in [0.2, 0.25) is 0 Å². The number of hydrogen-bond donors (Lipinski definition) is 2. The number of rotatable bonds is 2. The third-order valence-electron chi connectivity index (χ3n) is 1.55. The fourth-order valence-electron chi connectivity index (χ4n) is 1.07. The minimum Gasteiger partial charge on any atom is -0.379 e. The molecule has 0 aromatic heterocycles. The molecule has 0 aliphatic carbocycles. The van der Waals surface area contributed by atoms with Crippen molar-refractivity contribution in [1.82, 2.24) is 4.90 Å². The van der Waals surface area contributed by atoms with Crippen LogP contribution in [0.3, 0.4) is 0 Å². The summed E-state index contributed by atoms with van der Waals surface area (Å²) < 4.78 is 29.3. The number of thiol groups is 1. The quantitative estimate of drug-likeness (QED) is 0.462. The second-order valence-corrected chi connectivity index (χ2v) is 3.30. The zero-order chi connectivity index (χ0) is 11.0. The number of morpholine rings is 1. The van der Waals surface area contributed by atoms with E-state index in [0.29, 0.717) is 6.54 Å². The van der Waals surface area contributed by atoms with Gasteiger partial charge in [-0.2, -0.15) is 0 Å². The first-order valence-corrected chi connectivity index (χ1v) is 5.28. The highest BCUT2D eigenvalue weighted by Crippen LogP contribution is 1.95. The van der Waals surface area contributed by atoms with E-state index in [1.807, 2.05) is 0 Å². The molecule has 0 unspecified atom stereocenters. The Kier molecular flexibility index (Phi) is 7.58. The number of ketones is 1. The molecular weight excluding hydrogens is 210 g/mol.